The molecule has 1 fully saturated rings. The molecule has 1 saturated carbocycles. The minimum Gasteiger partial charge on any atom is -0.389 e. The van der Waals surface area contributed by atoms with Crippen molar-refractivity contribution in [1.82, 2.24) is 0 Å². The van der Waals surface area contributed by atoms with E-state index in [1.807, 2.05) is 24.3 Å². The average Bonchev–Trinajstić information content (AvgIpc) is 3.14. The SMILES string of the molecule is C[C@H](O)c1ccc(N(CCC#N)C2CC2)cc1. The largest absolute Gasteiger partial charge is 0.389 e. The van der Waals surface area contributed by atoms with Crippen LogP contribution in [-0.4, -0.2) is 17.7 Å². The molecule has 17 heavy (non-hydrogen) atoms. The topological polar surface area (TPSA) is 47.3 Å². The third kappa shape index (κ3) is 2.98. The van der Waals surface area contributed by atoms with Gasteiger partial charge in [-0.25, -0.2) is 0 Å². The maximum absolute atomic E-state index is 9.46. The van der Waals surface area contributed by atoms with E-state index in [4.69, 9.17) is 5.26 Å². The summed E-state index contributed by atoms with van der Waals surface area (Å²) in [4.78, 5) is 2.30. The molecule has 0 heterocycles. The summed E-state index contributed by atoms with van der Waals surface area (Å²) in [6.45, 7) is 2.57. The van der Waals surface area contributed by atoms with Gasteiger partial charge in [0.25, 0.3) is 0 Å². The molecule has 1 aromatic carbocycles. The Morgan fingerprint density at radius 2 is 2.06 bits per heavy atom. The Bertz CT molecular complexity index is 401. The Labute approximate surface area is 102 Å². The summed E-state index contributed by atoms with van der Waals surface area (Å²) in [5, 5.41) is 18.1. The standard InChI is InChI=1S/C14H18N2O/c1-11(17)12-3-5-13(6-4-12)16(10-2-9-15)14-7-8-14/h3-6,11,14,17H,2,7-8,10H2,1H3/t11-/m0/s1. The van der Waals surface area contributed by atoms with Crippen LogP contribution in [0, 0.1) is 11.3 Å². The molecule has 90 valence electrons. The number of hydrogen-bond donors (Lipinski definition) is 1. The summed E-state index contributed by atoms with van der Waals surface area (Å²) >= 11 is 0. The lowest BCUT2D eigenvalue weighted by Gasteiger charge is -2.24. The second-order valence-corrected chi connectivity index (χ2v) is 4.60. The highest BCUT2D eigenvalue weighted by atomic mass is 16.3. The van der Waals surface area contributed by atoms with E-state index in [2.05, 4.69) is 11.0 Å². The van der Waals surface area contributed by atoms with E-state index >= 15 is 0 Å². The fraction of sp³-hybridized carbons (Fsp3) is 0.500. The first-order chi connectivity index (χ1) is 8.22. The molecule has 2 rings (SSSR count). The number of nitriles is 1. The van der Waals surface area contributed by atoms with E-state index in [0.29, 0.717) is 12.5 Å². The van der Waals surface area contributed by atoms with Gasteiger partial charge in [0.05, 0.1) is 18.6 Å². The fourth-order valence-electron chi connectivity index (χ4n) is 2.02. The molecule has 1 N–H and O–H groups in total. The number of benzene rings is 1. The highest BCUT2D eigenvalue weighted by Crippen LogP contribution is 2.32. The average molecular weight is 230 g/mol. The Balaban J connectivity index is 2.10. The van der Waals surface area contributed by atoms with Crippen LogP contribution in [0.4, 0.5) is 5.69 Å². The Hall–Kier alpha value is -1.53. The van der Waals surface area contributed by atoms with Gasteiger partial charge in [-0.1, -0.05) is 12.1 Å². The van der Waals surface area contributed by atoms with E-state index in [-0.39, 0.29) is 0 Å². The highest BCUT2D eigenvalue weighted by molar-refractivity contribution is 5.50. The molecule has 0 bridgehead atoms. The van der Waals surface area contributed by atoms with Gasteiger partial charge in [-0.05, 0) is 37.5 Å². The van der Waals surface area contributed by atoms with Gasteiger partial charge in [0, 0.05) is 18.3 Å². The van der Waals surface area contributed by atoms with Crippen LogP contribution in [0.15, 0.2) is 24.3 Å². The summed E-state index contributed by atoms with van der Waals surface area (Å²) in [7, 11) is 0. The lowest BCUT2D eigenvalue weighted by molar-refractivity contribution is 0.199. The van der Waals surface area contributed by atoms with Crippen LogP contribution < -0.4 is 4.90 Å². The van der Waals surface area contributed by atoms with Crippen LogP contribution >= 0.6 is 0 Å². The lowest BCUT2D eigenvalue weighted by Crippen LogP contribution is -2.26. The van der Waals surface area contributed by atoms with Crippen molar-refractivity contribution >= 4 is 5.69 Å². The van der Waals surface area contributed by atoms with Crippen molar-refractivity contribution < 1.29 is 5.11 Å². The first-order valence-corrected chi connectivity index (χ1v) is 6.14. The van der Waals surface area contributed by atoms with Gasteiger partial charge < -0.3 is 10.0 Å². The number of hydrogen-bond acceptors (Lipinski definition) is 3. The van der Waals surface area contributed by atoms with Crippen LogP contribution in [0.3, 0.4) is 0 Å². The smallest absolute Gasteiger partial charge is 0.0761 e. The Morgan fingerprint density at radius 3 is 2.53 bits per heavy atom. The predicted octanol–water partition coefficient (Wildman–Crippen LogP) is 2.62. The maximum Gasteiger partial charge on any atom is 0.0761 e. The number of rotatable bonds is 5. The second-order valence-electron chi connectivity index (χ2n) is 4.60. The summed E-state index contributed by atoms with van der Waals surface area (Å²) < 4.78 is 0. The highest BCUT2D eigenvalue weighted by Gasteiger charge is 2.28. The van der Waals surface area contributed by atoms with E-state index in [0.717, 1.165) is 17.8 Å². The molecule has 0 amide bonds. The summed E-state index contributed by atoms with van der Waals surface area (Å²) in [5.41, 5.74) is 2.09. The molecule has 0 saturated heterocycles. The Kier molecular flexibility index (Phi) is 3.65. The van der Waals surface area contributed by atoms with Crippen molar-refractivity contribution in [3.63, 3.8) is 0 Å². The molecular weight excluding hydrogens is 212 g/mol. The van der Waals surface area contributed by atoms with Crippen molar-refractivity contribution in [3.05, 3.63) is 29.8 Å². The number of nitrogens with zero attached hydrogens (tertiary/aromatic N) is 2. The summed E-state index contributed by atoms with van der Waals surface area (Å²) in [6.07, 6.45) is 2.60. The van der Waals surface area contributed by atoms with Crippen molar-refractivity contribution in [2.75, 3.05) is 11.4 Å². The van der Waals surface area contributed by atoms with E-state index < -0.39 is 6.10 Å². The first-order valence-electron chi connectivity index (χ1n) is 6.14. The van der Waals surface area contributed by atoms with Crippen molar-refractivity contribution in [3.8, 4) is 6.07 Å². The number of anilines is 1. The molecule has 3 heteroatoms. The zero-order valence-corrected chi connectivity index (χ0v) is 10.1. The van der Waals surface area contributed by atoms with Gasteiger partial charge in [-0.2, -0.15) is 5.26 Å². The summed E-state index contributed by atoms with van der Waals surface area (Å²) in [5.74, 6) is 0. The van der Waals surface area contributed by atoms with Gasteiger partial charge in [-0.3, -0.25) is 0 Å². The summed E-state index contributed by atoms with van der Waals surface area (Å²) in [6, 6.07) is 10.8. The number of aliphatic hydroxyl groups is 1. The molecule has 0 radical (unpaired) electrons. The van der Waals surface area contributed by atoms with Gasteiger partial charge in [0.15, 0.2) is 0 Å². The third-order valence-corrected chi connectivity index (χ3v) is 3.16. The molecule has 3 nitrogen and oxygen atoms in total. The molecule has 0 aliphatic heterocycles. The van der Waals surface area contributed by atoms with Gasteiger partial charge in [0.2, 0.25) is 0 Å². The molecule has 0 unspecified atom stereocenters. The van der Waals surface area contributed by atoms with Crippen molar-refractivity contribution in [2.45, 2.75) is 38.3 Å². The molecule has 1 atom stereocenters. The predicted molar refractivity (Wildman–Crippen MR) is 67.7 cm³/mol. The molecule has 0 aromatic heterocycles. The molecule has 1 aliphatic rings. The van der Waals surface area contributed by atoms with Gasteiger partial charge >= 0.3 is 0 Å². The number of aliphatic hydroxyl groups excluding tert-OH is 1. The van der Waals surface area contributed by atoms with Crippen LogP contribution in [-0.2, 0) is 0 Å². The lowest BCUT2D eigenvalue weighted by atomic mass is 10.1. The molecule has 1 aromatic rings. The van der Waals surface area contributed by atoms with Crippen LogP contribution in [0.25, 0.3) is 0 Å². The fourth-order valence-corrected chi connectivity index (χ4v) is 2.02. The minimum atomic E-state index is -0.419. The van der Waals surface area contributed by atoms with Crippen LogP contribution in [0.1, 0.15) is 37.9 Å². The molecule has 1 aliphatic carbocycles. The monoisotopic (exact) mass is 230 g/mol. The van der Waals surface area contributed by atoms with E-state index in [9.17, 15) is 5.11 Å². The van der Waals surface area contributed by atoms with Crippen LogP contribution in [0.5, 0.6) is 0 Å². The van der Waals surface area contributed by atoms with Gasteiger partial charge in [-0.15, -0.1) is 0 Å². The second kappa shape index (κ2) is 5.20. The van der Waals surface area contributed by atoms with E-state index in [1.54, 1.807) is 6.92 Å². The van der Waals surface area contributed by atoms with Crippen molar-refractivity contribution in [1.29, 1.82) is 5.26 Å². The zero-order chi connectivity index (χ0) is 12.3. The Morgan fingerprint density at radius 1 is 1.41 bits per heavy atom. The quantitative estimate of drug-likeness (QED) is 0.845. The van der Waals surface area contributed by atoms with E-state index in [1.165, 1.54) is 12.8 Å². The van der Waals surface area contributed by atoms with Crippen LogP contribution in [0.2, 0.25) is 0 Å². The molecule has 0 spiro atoms. The first kappa shape index (κ1) is 11.9. The maximum atomic E-state index is 9.46. The van der Waals surface area contributed by atoms with Crippen molar-refractivity contribution in [2.24, 2.45) is 0 Å². The normalized spacial score (nSPS) is 16.3. The minimum absolute atomic E-state index is 0.419. The molecular formula is C14H18N2O. The zero-order valence-electron chi connectivity index (χ0n) is 10.1. The third-order valence-electron chi connectivity index (χ3n) is 3.16. The van der Waals surface area contributed by atoms with Gasteiger partial charge in [0.1, 0.15) is 0 Å².